The topological polar surface area (TPSA) is 51.2 Å². The molecule has 0 aliphatic rings. The molecule has 5 heteroatoms. The summed E-state index contributed by atoms with van der Waals surface area (Å²) in [6.07, 6.45) is 1.71. The number of hydrogen-bond donors (Lipinski definition) is 1. The molecule has 0 spiro atoms. The number of carbonyl (C=O) groups excluding carboxylic acids is 1. The second kappa shape index (κ2) is 6.79. The van der Waals surface area contributed by atoms with Crippen molar-refractivity contribution >= 4 is 38.4 Å². The third-order valence-corrected chi connectivity index (χ3v) is 4.09. The molecular formula is C18H15BrN2O2. The SMILES string of the molecule is CCOc1ccc(NC(=O)c2ccccc2Br)c2cccnc12. The first kappa shape index (κ1) is 15.5. The Morgan fingerprint density at radius 3 is 2.78 bits per heavy atom. The lowest BCUT2D eigenvalue weighted by Crippen LogP contribution is -2.13. The summed E-state index contributed by atoms with van der Waals surface area (Å²) in [5.74, 6) is 0.536. The van der Waals surface area contributed by atoms with Gasteiger partial charge in [0.2, 0.25) is 0 Å². The van der Waals surface area contributed by atoms with Gasteiger partial charge in [0.1, 0.15) is 11.3 Å². The average Bonchev–Trinajstić information content (AvgIpc) is 2.57. The lowest BCUT2D eigenvalue weighted by molar-refractivity contribution is 0.102. The van der Waals surface area contributed by atoms with Crippen LogP contribution in [0.1, 0.15) is 17.3 Å². The Kier molecular flexibility index (Phi) is 4.57. The molecule has 1 amide bonds. The Labute approximate surface area is 142 Å². The van der Waals surface area contributed by atoms with E-state index in [0.717, 1.165) is 15.4 Å². The first-order valence-electron chi connectivity index (χ1n) is 7.27. The molecule has 0 radical (unpaired) electrons. The molecule has 0 atom stereocenters. The lowest BCUT2D eigenvalue weighted by Gasteiger charge is -2.12. The van der Waals surface area contributed by atoms with Crippen molar-refractivity contribution in [1.82, 2.24) is 4.98 Å². The Bertz CT molecular complexity index is 865. The zero-order valence-electron chi connectivity index (χ0n) is 12.5. The van der Waals surface area contributed by atoms with E-state index in [-0.39, 0.29) is 5.91 Å². The number of benzene rings is 2. The number of fused-ring (bicyclic) bond motifs is 1. The highest BCUT2D eigenvalue weighted by Crippen LogP contribution is 2.30. The molecule has 0 fully saturated rings. The highest BCUT2D eigenvalue weighted by atomic mass is 79.9. The molecule has 0 saturated heterocycles. The minimum absolute atomic E-state index is 0.174. The van der Waals surface area contributed by atoms with E-state index in [4.69, 9.17) is 4.74 Å². The number of rotatable bonds is 4. The highest BCUT2D eigenvalue weighted by Gasteiger charge is 2.13. The summed E-state index contributed by atoms with van der Waals surface area (Å²) in [6.45, 7) is 2.49. The molecule has 1 heterocycles. The monoisotopic (exact) mass is 370 g/mol. The largest absolute Gasteiger partial charge is 0.492 e. The molecule has 2 aromatic carbocycles. The van der Waals surface area contributed by atoms with Gasteiger partial charge in [-0.3, -0.25) is 9.78 Å². The van der Waals surface area contributed by atoms with Crippen LogP contribution in [0.15, 0.2) is 59.2 Å². The Hall–Kier alpha value is -2.40. The normalized spacial score (nSPS) is 10.5. The minimum atomic E-state index is -0.174. The van der Waals surface area contributed by atoms with Gasteiger partial charge in [0, 0.05) is 16.1 Å². The fourth-order valence-electron chi connectivity index (χ4n) is 2.36. The number of hydrogen-bond acceptors (Lipinski definition) is 3. The van der Waals surface area contributed by atoms with Crippen LogP contribution in [0.2, 0.25) is 0 Å². The van der Waals surface area contributed by atoms with E-state index in [2.05, 4.69) is 26.2 Å². The molecule has 1 aromatic heterocycles. The van der Waals surface area contributed by atoms with Gasteiger partial charge < -0.3 is 10.1 Å². The zero-order chi connectivity index (χ0) is 16.2. The summed E-state index contributed by atoms with van der Waals surface area (Å²) in [7, 11) is 0. The summed E-state index contributed by atoms with van der Waals surface area (Å²) < 4.78 is 6.36. The van der Waals surface area contributed by atoms with E-state index in [1.54, 1.807) is 12.3 Å². The first-order chi connectivity index (χ1) is 11.2. The highest BCUT2D eigenvalue weighted by molar-refractivity contribution is 9.10. The number of ether oxygens (including phenoxy) is 1. The maximum atomic E-state index is 12.5. The summed E-state index contributed by atoms with van der Waals surface area (Å²) in [5.41, 5.74) is 2.02. The standard InChI is InChI=1S/C18H15BrN2O2/c1-2-23-16-10-9-15(13-7-5-11-20-17(13)16)21-18(22)12-6-3-4-8-14(12)19/h3-11H,2H2,1H3,(H,21,22). The van der Waals surface area contributed by atoms with Gasteiger partial charge in [-0.15, -0.1) is 0 Å². The van der Waals surface area contributed by atoms with Gasteiger partial charge in [0.25, 0.3) is 5.91 Å². The van der Waals surface area contributed by atoms with Gasteiger partial charge in [0.15, 0.2) is 0 Å². The van der Waals surface area contributed by atoms with Gasteiger partial charge in [-0.25, -0.2) is 0 Å². The number of nitrogens with zero attached hydrogens (tertiary/aromatic N) is 1. The van der Waals surface area contributed by atoms with Crippen LogP contribution in [0.5, 0.6) is 5.75 Å². The van der Waals surface area contributed by atoms with Crippen LogP contribution in [-0.2, 0) is 0 Å². The second-order valence-corrected chi connectivity index (χ2v) is 5.73. The van der Waals surface area contributed by atoms with Gasteiger partial charge in [-0.05, 0) is 59.3 Å². The Morgan fingerprint density at radius 1 is 1.17 bits per heavy atom. The molecule has 116 valence electrons. The van der Waals surface area contributed by atoms with Crippen molar-refractivity contribution in [1.29, 1.82) is 0 Å². The van der Waals surface area contributed by atoms with E-state index in [1.807, 2.05) is 49.4 Å². The summed E-state index contributed by atoms with van der Waals surface area (Å²) in [4.78, 5) is 16.9. The van der Waals surface area contributed by atoms with Crippen LogP contribution in [0.3, 0.4) is 0 Å². The van der Waals surface area contributed by atoms with Crippen LogP contribution < -0.4 is 10.1 Å². The van der Waals surface area contributed by atoms with Gasteiger partial charge >= 0.3 is 0 Å². The predicted octanol–water partition coefficient (Wildman–Crippen LogP) is 4.65. The minimum Gasteiger partial charge on any atom is -0.492 e. The number of halogens is 1. The smallest absolute Gasteiger partial charge is 0.256 e. The fourth-order valence-corrected chi connectivity index (χ4v) is 2.83. The van der Waals surface area contributed by atoms with Crippen molar-refractivity contribution < 1.29 is 9.53 Å². The zero-order valence-corrected chi connectivity index (χ0v) is 14.1. The average molecular weight is 371 g/mol. The van der Waals surface area contributed by atoms with Crippen molar-refractivity contribution in [2.45, 2.75) is 6.92 Å². The molecule has 0 aliphatic carbocycles. The van der Waals surface area contributed by atoms with Crippen molar-refractivity contribution in [3.63, 3.8) is 0 Å². The third kappa shape index (κ3) is 3.19. The summed E-state index contributed by atoms with van der Waals surface area (Å²) >= 11 is 3.40. The van der Waals surface area contributed by atoms with Crippen LogP contribution in [0.25, 0.3) is 10.9 Å². The molecule has 1 N–H and O–H groups in total. The van der Waals surface area contributed by atoms with Gasteiger partial charge in [-0.1, -0.05) is 12.1 Å². The molecule has 23 heavy (non-hydrogen) atoms. The van der Waals surface area contributed by atoms with Crippen LogP contribution in [0, 0.1) is 0 Å². The first-order valence-corrected chi connectivity index (χ1v) is 8.06. The third-order valence-electron chi connectivity index (χ3n) is 3.40. The van der Waals surface area contributed by atoms with Crippen molar-refractivity contribution in [2.75, 3.05) is 11.9 Å². The predicted molar refractivity (Wildman–Crippen MR) is 95.0 cm³/mol. The molecule has 3 aromatic rings. The molecule has 0 saturated carbocycles. The van der Waals surface area contributed by atoms with Crippen LogP contribution >= 0.6 is 15.9 Å². The second-order valence-electron chi connectivity index (χ2n) is 4.88. The van der Waals surface area contributed by atoms with Gasteiger partial charge in [-0.2, -0.15) is 0 Å². The maximum absolute atomic E-state index is 12.5. The van der Waals surface area contributed by atoms with E-state index in [9.17, 15) is 4.79 Å². The molecular weight excluding hydrogens is 356 g/mol. The number of nitrogens with one attached hydrogen (secondary N) is 1. The van der Waals surface area contributed by atoms with Gasteiger partial charge in [0.05, 0.1) is 17.9 Å². The molecule has 0 unspecified atom stereocenters. The van der Waals surface area contributed by atoms with Crippen LogP contribution in [-0.4, -0.2) is 17.5 Å². The van der Waals surface area contributed by atoms with E-state index >= 15 is 0 Å². The Morgan fingerprint density at radius 2 is 2.00 bits per heavy atom. The summed E-state index contributed by atoms with van der Waals surface area (Å²) in [5, 5.41) is 3.79. The van der Waals surface area contributed by atoms with Crippen molar-refractivity contribution in [3.05, 3.63) is 64.8 Å². The number of aromatic nitrogens is 1. The molecule has 0 aliphatic heterocycles. The maximum Gasteiger partial charge on any atom is 0.256 e. The molecule has 0 bridgehead atoms. The summed E-state index contributed by atoms with van der Waals surface area (Å²) in [6, 6.07) is 14.7. The Balaban J connectivity index is 1.99. The lowest BCUT2D eigenvalue weighted by atomic mass is 10.1. The van der Waals surface area contributed by atoms with Crippen molar-refractivity contribution in [2.24, 2.45) is 0 Å². The molecule has 4 nitrogen and oxygen atoms in total. The fraction of sp³-hybridized carbons (Fsp3) is 0.111. The number of carbonyl (C=O) groups is 1. The molecule has 3 rings (SSSR count). The van der Waals surface area contributed by atoms with E-state index in [0.29, 0.717) is 23.6 Å². The van der Waals surface area contributed by atoms with E-state index in [1.165, 1.54) is 0 Å². The van der Waals surface area contributed by atoms with Crippen molar-refractivity contribution in [3.8, 4) is 5.75 Å². The number of anilines is 1. The number of pyridine rings is 1. The van der Waals surface area contributed by atoms with Crippen LogP contribution in [0.4, 0.5) is 5.69 Å². The number of amides is 1. The quantitative estimate of drug-likeness (QED) is 0.727. The van der Waals surface area contributed by atoms with E-state index < -0.39 is 0 Å².